The second-order valence-corrected chi connectivity index (χ2v) is 0. The van der Waals surface area contributed by atoms with Gasteiger partial charge in [-0.25, -0.2) is 0 Å². The molecule has 7 nitrogen and oxygen atoms in total. The SMILES string of the molecule is [In+3].[In+3].[O-2].[O-2].[O-2].[O-2].[O-2].[O-2].[O-2].[SiH4].[SiH4].[Sn+4].[Sn+4]. The van der Waals surface area contributed by atoms with Crippen LogP contribution in [0.1, 0.15) is 0 Å². The zero-order valence-electron chi connectivity index (χ0n) is 5.01. The normalized spacial score (nSPS) is 0. The van der Waals surface area contributed by atoms with Crippen LogP contribution in [0.15, 0.2) is 0 Å². The summed E-state index contributed by atoms with van der Waals surface area (Å²) in [6.07, 6.45) is 0. The predicted octanol–water partition coefficient (Wildman–Crippen LogP) is -5.26. The molecular formula is H8In2O7Si2Sn2. The molecule has 0 amide bonds. The maximum atomic E-state index is 0. The average molecular weight is 643 g/mol. The van der Waals surface area contributed by atoms with Gasteiger partial charge >= 0.3 is 99.5 Å². The first kappa shape index (κ1) is 325. The Balaban J connectivity index is 0. The Kier molecular flexibility index (Phi) is 6660. The first-order chi connectivity index (χ1) is 0. The van der Waals surface area contributed by atoms with E-state index >= 15 is 0 Å². The van der Waals surface area contributed by atoms with Gasteiger partial charge < -0.3 is 38.3 Å². The van der Waals surface area contributed by atoms with Crippen LogP contribution in [0, 0.1) is 0 Å². The summed E-state index contributed by atoms with van der Waals surface area (Å²) in [7, 11) is 0. The third kappa shape index (κ3) is 231. The molecule has 0 aromatic rings. The monoisotopic (exact) mass is 646 g/mol. The first-order valence-corrected chi connectivity index (χ1v) is 0. The van der Waals surface area contributed by atoms with Crippen LogP contribution in [-0.4, -0.2) is 121 Å². The Morgan fingerprint density at radius 3 is 0.308 bits per heavy atom. The van der Waals surface area contributed by atoms with Gasteiger partial charge in [0.2, 0.25) is 0 Å². The molecule has 0 heterocycles. The van der Waals surface area contributed by atoms with E-state index in [-0.39, 0.29) is 160 Å². The van der Waals surface area contributed by atoms with Crippen LogP contribution >= 0.6 is 0 Å². The van der Waals surface area contributed by atoms with Crippen LogP contribution < -0.4 is 0 Å². The van der Waals surface area contributed by atoms with E-state index in [1.54, 1.807) is 0 Å². The van der Waals surface area contributed by atoms with Crippen molar-refractivity contribution in [2.24, 2.45) is 0 Å². The van der Waals surface area contributed by atoms with Gasteiger partial charge in [-0.15, -0.1) is 0 Å². The van der Waals surface area contributed by atoms with Gasteiger partial charge in [0.15, 0.2) is 0 Å². The molecule has 0 N–H and O–H groups in total. The van der Waals surface area contributed by atoms with Crippen LogP contribution in [0.3, 0.4) is 0 Å². The van der Waals surface area contributed by atoms with Crippen molar-refractivity contribution in [1.29, 1.82) is 0 Å². The molecule has 0 saturated carbocycles. The Labute approximate surface area is 157 Å². The fourth-order valence-corrected chi connectivity index (χ4v) is 0. The van der Waals surface area contributed by atoms with Crippen LogP contribution in [0.2, 0.25) is 0 Å². The minimum Gasteiger partial charge on any atom is -2.00 e. The third-order valence-corrected chi connectivity index (χ3v) is 0. The largest absolute Gasteiger partial charge is 4.00 e. The fraction of sp³-hybridized carbons (Fsp3) is 0. The first-order valence-electron chi connectivity index (χ1n) is 0. The van der Waals surface area contributed by atoms with Crippen molar-refractivity contribution in [2.45, 2.75) is 0 Å². The summed E-state index contributed by atoms with van der Waals surface area (Å²) >= 11 is 0. The Morgan fingerprint density at radius 1 is 0.308 bits per heavy atom. The summed E-state index contributed by atoms with van der Waals surface area (Å²) in [4.78, 5) is 0. The van der Waals surface area contributed by atoms with Crippen LogP contribution in [0.5, 0.6) is 0 Å². The standard InChI is InChI=1S/2In.7O.2H4Si.2Sn/h;;;;;;;;;2*1H4;;/q2*+3;7*-2;;;2*+4. The third-order valence-electron chi connectivity index (χ3n) is 0. The molecule has 0 unspecified atom stereocenters. The molecule has 0 aliphatic carbocycles. The molecule has 0 radical (unpaired) electrons. The minimum atomic E-state index is 0. The van der Waals surface area contributed by atoms with E-state index in [1.165, 1.54) is 0 Å². The van der Waals surface area contributed by atoms with Gasteiger partial charge in [0, 0.05) is 0 Å². The second kappa shape index (κ2) is 267. The molecule has 0 saturated heterocycles. The summed E-state index contributed by atoms with van der Waals surface area (Å²) in [6.45, 7) is 0. The summed E-state index contributed by atoms with van der Waals surface area (Å²) in [5.41, 5.74) is 0. The van der Waals surface area contributed by atoms with Gasteiger partial charge in [-0.05, 0) is 21.9 Å². The zero-order chi connectivity index (χ0) is 0. The minimum absolute atomic E-state index is 0. The zero-order valence-corrected chi connectivity index (χ0v) is 17.3. The molecule has 0 spiro atoms. The molecule has 0 aliphatic rings. The van der Waals surface area contributed by atoms with Crippen molar-refractivity contribution in [3.8, 4) is 0 Å². The van der Waals surface area contributed by atoms with Gasteiger partial charge in [0.05, 0.1) is 0 Å². The quantitative estimate of drug-likeness (QED) is 0.228. The fourth-order valence-electron chi connectivity index (χ4n) is 0. The Morgan fingerprint density at radius 2 is 0.308 bits per heavy atom. The summed E-state index contributed by atoms with van der Waals surface area (Å²) < 4.78 is 0. The summed E-state index contributed by atoms with van der Waals surface area (Å²) in [6, 6.07) is 0. The summed E-state index contributed by atoms with van der Waals surface area (Å²) in [5.74, 6) is 0. The van der Waals surface area contributed by atoms with E-state index in [4.69, 9.17) is 0 Å². The summed E-state index contributed by atoms with van der Waals surface area (Å²) in [5, 5.41) is 0. The van der Waals surface area contributed by atoms with Gasteiger partial charge in [-0.2, -0.15) is 0 Å². The van der Waals surface area contributed by atoms with Crippen LogP contribution in [0.4, 0.5) is 0 Å². The Hall–Kier alpha value is 3.49. The molecule has 0 atom stereocenters. The molecule has 0 aliphatic heterocycles. The molecule has 0 fully saturated rings. The smallest absolute Gasteiger partial charge is 2.00 e. The van der Waals surface area contributed by atoms with Crippen LogP contribution in [-0.2, 0) is 38.3 Å². The van der Waals surface area contributed by atoms with E-state index in [9.17, 15) is 0 Å². The molecule has 0 aromatic heterocycles. The number of hydrogen-bond acceptors (Lipinski definition) is 0. The van der Waals surface area contributed by atoms with E-state index < -0.39 is 0 Å². The van der Waals surface area contributed by atoms with Gasteiger partial charge in [-0.1, -0.05) is 0 Å². The van der Waals surface area contributed by atoms with Crippen molar-refractivity contribution in [1.82, 2.24) is 0 Å². The molecule has 0 bridgehead atoms. The van der Waals surface area contributed by atoms with E-state index in [2.05, 4.69) is 0 Å². The van der Waals surface area contributed by atoms with Gasteiger partial charge in [0.25, 0.3) is 0 Å². The second-order valence-electron chi connectivity index (χ2n) is 0. The van der Waals surface area contributed by atoms with Crippen molar-refractivity contribution in [3.63, 3.8) is 0 Å². The van der Waals surface area contributed by atoms with Crippen molar-refractivity contribution in [3.05, 3.63) is 0 Å². The molecule has 13 heteroatoms. The van der Waals surface area contributed by atoms with Crippen molar-refractivity contribution >= 4 is 121 Å². The molecule has 0 aromatic carbocycles. The Bertz CT molecular complexity index is 22.5. The predicted molar refractivity (Wildman–Crippen MR) is 50.5 cm³/mol. The average Bonchev–Trinajstić information content (AvgIpc) is 0. The number of rotatable bonds is 0. The van der Waals surface area contributed by atoms with Crippen LogP contribution in [0.25, 0.3) is 0 Å². The van der Waals surface area contributed by atoms with E-state index in [0.29, 0.717) is 0 Å². The van der Waals surface area contributed by atoms with E-state index in [1.807, 2.05) is 0 Å². The van der Waals surface area contributed by atoms with Gasteiger partial charge in [-0.3, -0.25) is 0 Å². The van der Waals surface area contributed by atoms with Crippen molar-refractivity contribution < 1.29 is 38.3 Å². The van der Waals surface area contributed by atoms with E-state index in [0.717, 1.165) is 0 Å². The molecular weight excluding hydrogens is 635 g/mol. The number of hydrogen-bond donors (Lipinski definition) is 0. The molecule has 0 rings (SSSR count). The maximum Gasteiger partial charge on any atom is 4.00 e. The molecule has 13 heavy (non-hydrogen) atoms. The van der Waals surface area contributed by atoms with Crippen molar-refractivity contribution in [2.75, 3.05) is 0 Å². The van der Waals surface area contributed by atoms with Gasteiger partial charge in [0.1, 0.15) is 0 Å². The maximum absolute atomic E-state index is 0. The topological polar surface area (TPSA) is 200 Å². The molecule has 72 valence electrons.